The standard InChI is InChI=1S/C27H22N2O3/c30-26(22-13-6-2-7-14-22)25(21-11-4-1-5-12-21)20-29(28-19-24-17-10-18-32-24)27(31)23-15-8-3-9-16-23/h1-19,25H,20H2. The third kappa shape index (κ3) is 5.08. The lowest BCUT2D eigenvalue weighted by Crippen LogP contribution is -2.33. The number of Topliss-reactive ketones (excluding diaryl/α,β-unsaturated/α-hetero) is 1. The minimum atomic E-state index is -0.583. The molecule has 0 spiro atoms. The van der Waals surface area contributed by atoms with E-state index in [0.29, 0.717) is 16.9 Å². The van der Waals surface area contributed by atoms with Crippen LogP contribution in [0.15, 0.2) is 119 Å². The van der Waals surface area contributed by atoms with Gasteiger partial charge in [0.15, 0.2) is 5.78 Å². The van der Waals surface area contributed by atoms with Crippen LogP contribution >= 0.6 is 0 Å². The molecule has 0 aliphatic rings. The average molecular weight is 422 g/mol. The Hall–Kier alpha value is -4.25. The number of benzene rings is 3. The van der Waals surface area contributed by atoms with Crippen LogP contribution in [-0.2, 0) is 0 Å². The van der Waals surface area contributed by atoms with Crippen molar-refractivity contribution in [1.82, 2.24) is 5.01 Å². The summed E-state index contributed by atoms with van der Waals surface area (Å²) in [7, 11) is 0. The summed E-state index contributed by atoms with van der Waals surface area (Å²) in [4.78, 5) is 26.8. The lowest BCUT2D eigenvalue weighted by Gasteiger charge is -2.23. The molecule has 0 N–H and O–H groups in total. The van der Waals surface area contributed by atoms with E-state index in [1.165, 1.54) is 17.5 Å². The van der Waals surface area contributed by atoms with Crippen molar-refractivity contribution in [3.63, 3.8) is 0 Å². The van der Waals surface area contributed by atoms with E-state index in [9.17, 15) is 9.59 Å². The van der Waals surface area contributed by atoms with Gasteiger partial charge in [-0.15, -0.1) is 0 Å². The number of furan rings is 1. The number of rotatable bonds is 8. The first kappa shape index (κ1) is 21.0. The van der Waals surface area contributed by atoms with Crippen LogP contribution in [0, 0.1) is 0 Å². The van der Waals surface area contributed by atoms with Crippen LogP contribution in [-0.4, -0.2) is 29.5 Å². The number of nitrogens with zero attached hydrogens (tertiary/aromatic N) is 2. The molecular weight excluding hydrogens is 400 g/mol. The maximum atomic E-state index is 13.5. The molecular formula is C27H22N2O3. The van der Waals surface area contributed by atoms with E-state index in [0.717, 1.165) is 5.56 Å². The van der Waals surface area contributed by atoms with E-state index >= 15 is 0 Å². The van der Waals surface area contributed by atoms with E-state index in [1.807, 2.05) is 54.6 Å². The van der Waals surface area contributed by atoms with Gasteiger partial charge in [-0.05, 0) is 29.8 Å². The van der Waals surface area contributed by atoms with Gasteiger partial charge in [0, 0.05) is 11.1 Å². The van der Waals surface area contributed by atoms with Gasteiger partial charge in [0.25, 0.3) is 5.91 Å². The van der Waals surface area contributed by atoms with Gasteiger partial charge < -0.3 is 4.42 Å². The van der Waals surface area contributed by atoms with Crippen LogP contribution in [0.25, 0.3) is 0 Å². The van der Waals surface area contributed by atoms with E-state index in [-0.39, 0.29) is 18.2 Å². The Kier molecular flexibility index (Phi) is 6.68. The molecule has 0 saturated carbocycles. The number of carbonyl (C=O) groups is 2. The van der Waals surface area contributed by atoms with E-state index in [1.54, 1.807) is 48.5 Å². The maximum Gasteiger partial charge on any atom is 0.273 e. The normalized spacial score (nSPS) is 11.9. The Labute approximate surface area is 186 Å². The second kappa shape index (κ2) is 10.2. The van der Waals surface area contributed by atoms with E-state index in [4.69, 9.17) is 4.42 Å². The molecule has 5 heteroatoms. The lowest BCUT2D eigenvalue weighted by atomic mass is 9.90. The molecule has 1 aromatic heterocycles. The zero-order valence-corrected chi connectivity index (χ0v) is 17.4. The molecule has 1 unspecified atom stereocenters. The molecule has 1 atom stereocenters. The summed E-state index contributed by atoms with van der Waals surface area (Å²) >= 11 is 0. The summed E-state index contributed by atoms with van der Waals surface area (Å²) in [6, 6.07) is 31.0. The van der Waals surface area contributed by atoms with Gasteiger partial charge in [-0.1, -0.05) is 78.9 Å². The minimum Gasteiger partial charge on any atom is -0.463 e. The van der Waals surface area contributed by atoms with Crippen LogP contribution in [0.4, 0.5) is 0 Å². The van der Waals surface area contributed by atoms with Crippen molar-refractivity contribution in [2.24, 2.45) is 5.10 Å². The quantitative estimate of drug-likeness (QED) is 0.216. The van der Waals surface area contributed by atoms with Crippen molar-refractivity contribution < 1.29 is 14.0 Å². The van der Waals surface area contributed by atoms with Gasteiger partial charge in [-0.2, -0.15) is 5.10 Å². The Bertz CT molecular complexity index is 1170. The molecule has 0 saturated heterocycles. The van der Waals surface area contributed by atoms with Gasteiger partial charge in [-0.3, -0.25) is 9.59 Å². The summed E-state index contributed by atoms with van der Waals surface area (Å²) in [5, 5.41) is 5.73. The van der Waals surface area contributed by atoms with E-state index < -0.39 is 5.92 Å². The molecule has 1 amide bonds. The SMILES string of the molecule is O=C(c1ccccc1)C(CN(N=Cc1ccco1)C(=O)c1ccccc1)c1ccccc1. The number of carbonyl (C=O) groups excluding carboxylic acids is 2. The van der Waals surface area contributed by atoms with Gasteiger partial charge in [-0.25, -0.2) is 5.01 Å². The highest BCUT2D eigenvalue weighted by Crippen LogP contribution is 2.23. The van der Waals surface area contributed by atoms with Gasteiger partial charge in [0.1, 0.15) is 5.76 Å². The third-order valence-corrected chi connectivity index (χ3v) is 5.05. The van der Waals surface area contributed by atoms with Crippen LogP contribution < -0.4 is 0 Å². The fraction of sp³-hybridized carbons (Fsp3) is 0.0741. The second-order valence-corrected chi connectivity index (χ2v) is 7.21. The zero-order chi connectivity index (χ0) is 22.2. The van der Waals surface area contributed by atoms with Crippen molar-refractivity contribution in [3.8, 4) is 0 Å². The van der Waals surface area contributed by atoms with Crippen molar-refractivity contribution >= 4 is 17.9 Å². The first-order valence-corrected chi connectivity index (χ1v) is 10.3. The van der Waals surface area contributed by atoms with Gasteiger partial charge >= 0.3 is 0 Å². The summed E-state index contributed by atoms with van der Waals surface area (Å²) in [5.41, 5.74) is 1.90. The highest BCUT2D eigenvalue weighted by molar-refractivity contribution is 6.02. The maximum absolute atomic E-state index is 13.5. The predicted molar refractivity (Wildman–Crippen MR) is 124 cm³/mol. The Morgan fingerprint density at radius 2 is 1.38 bits per heavy atom. The summed E-state index contributed by atoms with van der Waals surface area (Å²) in [6.07, 6.45) is 3.02. The number of amides is 1. The number of hydrogen-bond donors (Lipinski definition) is 0. The molecule has 158 valence electrons. The molecule has 4 rings (SSSR count). The largest absolute Gasteiger partial charge is 0.463 e. The summed E-state index contributed by atoms with van der Waals surface area (Å²) in [5.74, 6) is -0.437. The first-order chi connectivity index (χ1) is 15.7. The van der Waals surface area contributed by atoms with Crippen LogP contribution in [0.5, 0.6) is 0 Å². The van der Waals surface area contributed by atoms with Crippen molar-refractivity contribution in [2.75, 3.05) is 6.54 Å². The molecule has 0 aliphatic carbocycles. The molecule has 0 fully saturated rings. The molecule has 1 heterocycles. The Morgan fingerprint density at radius 1 is 0.781 bits per heavy atom. The highest BCUT2D eigenvalue weighted by atomic mass is 16.3. The smallest absolute Gasteiger partial charge is 0.273 e. The highest BCUT2D eigenvalue weighted by Gasteiger charge is 2.27. The fourth-order valence-electron chi connectivity index (χ4n) is 3.41. The van der Waals surface area contributed by atoms with Crippen molar-refractivity contribution in [3.05, 3.63) is 132 Å². The molecule has 0 aliphatic heterocycles. The minimum absolute atomic E-state index is 0.0733. The summed E-state index contributed by atoms with van der Waals surface area (Å²) < 4.78 is 5.32. The summed E-state index contributed by atoms with van der Waals surface area (Å²) in [6.45, 7) is 0.0860. The fourth-order valence-corrected chi connectivity index (χ4v) is 3.41. The first-order valence-electron chi connectivity index (χ1n) is 10.3. The zero-order valence-electron chi connectivity index (χ0n) is 17.4. The molecule has 5 nitrogen and oxygen atoms in total. The molecule has 0 bridgehead atoms. The second-order valence-electron chi connectivity index (χ2n) is 7.21. The number of hydrazone groups is 1. The monoisotopic (exact) mass is 422 g/mol. The predicted octanol–water partition coefficient (Wildman–Crippen LogP) is 5.42. The van der Waals surface area contributed by atoms with Crippen molar-refractivity contribution in [1.29, 1.82) is 0 Å². The number of ketones is 1. The molecule has 32 heavy (non-hydrogen) atoms. The van der Waals surface area contributed by atoms with E-state index in [2.05, 4.69) is 5.10 Å². The van der Waals surface area contributed by atoms with Crippen LogP contribution in [0.2, 0.25) is 0 Å². The topological polar surface area (TPSA) is 62.9 Å². The van der Waals surface area contributed by atoms with Crippen molar-refractivity contribution in [2.45, 2.75) is 5.92 Å². The van der Waals surface area contributed by atoms with Crippen LogP contribution in [0.3, 0.4) is 0 Å². The molecule has 4 aromatic rings. The Balaban J connectivity index is 1.70. The van der Waals surface area contributed by atoms with Gasteiger partial charge in [0.2, 0.25) is 0 Å². The molecule has 0 radical (unpaired) electrons. The van der Waals surface area contributed by atoms with Crippen LogP contribution in [0.1, 0.15) is 38.0 Å². The lowest BCUT2D eigenvalue weighted by molar-refractivity contribution is 0.0736. The number of hydrogen-bond acceptors (Lipinski definition) is 4. The Morgan fingerprint density at radius 3 is 1.97 bits per heavy atom. The third-order valence-electron chi connectivity index (χ3n) is 5.05. The van der Waals surface area contributed by atoms with Gasteiger partial charge in [0.05, 0.1) is 24.9 Å². The average Bonchev–Trinajstić information content (AvgIpc) is 3.39. The molecule has 3 aromatic carbocycles.